The lowest BCUT2D eigenvalue weighted by atomic mass is 10.1. The second kappa shape index (κ2) is 9.78. The lowest BCUT2D eigenvalue weighted by molar-refractivity contribution is -0.125. The summed E-state index contributed by atoms with van der Waals surface area (Å²) in [5.74, 6) is -0.0444. The zero-order chi connectivity index (χ0) is 19.1. The molecule has 0 saturated carbocycles. The Bertz CT molecular complexity index is 654. The third-order valence-corrected chi connectivity index (χ3v) is 5.22. The van der Waals surface area contributed by atoms with E-state index >= 15 is 0 Å². The van der Waals surface area contributed by atoms with Gasteiger partial charge in [-0.05, 0) is 57.7 Å². The number of rotatable bonds is 7. The van der Waals surface area contributed by atoms with Crippen molar-refractivity contribution >= 4 is 23.6 Å². The number of hydrogen-bond acceptors (Lipinski definition) is 4. The Morgan fingerprint density at radius 3 is 2.54 bits per heavy atom. The number of amides is 2. The highest BCUT2D eigenvalue weighted by Crippen LogP contribution is 2.20. The van der Waals surface area contributed by atoms with Gasteiger partial charge in [0.1, 0.15) is 0 Å². The van der Waals surface area contributed by atoms with Crippen LogP contribution in [-0.4, -0.2) is 54.7 Å². The van der Waals surface area contributed by atoms with Gasteiger partial charge in [-0.15, -0.1) is 11.8 Å². The molecule has 2 rings (SSSR count). The second-order valence-electron chi connectivity index (χ2n) is 6.78. The summed E-state index contributed by atoms with van der Waals surface area (Å²) in [7, 11) is 0. The van der Waals surface area contributed by atoms with E-state index in [-0.39, 0.29) is 23.9 Å². The van der Waals surface area contributed by atoms with Gasteiger partial charge in [0, 0.05) is 36.1 Å². The molecule has 0 radical (unpaired) electrons. The number of hydrogen-bond donors (Lipinski definition) is 2. The van der Waals surface area contributed by atoms with Crippen molar-refractivity contribution in [3.63, 3.8) is 0 Å². The molecule has 1 aromatic carbocycles. The number of nitrogens with one attached hydrogen (secondary N) is 2. The average Bonchev–Trinajstić information content (AvgIpc) is 3.03. The van der Waals surface area contributed by atoms with Crippen LogP contribution in [0.5, 0.6) is 0 Å². The summed E-state index contributed by atoms with van der Waals surface area (Å²) in [6, 6.07) is 7.37. The summed E-state index contributed by atoms with van der Waals surface area (Å²) >= 11 is 1.65. The van der Waals surface area contributed by atoms with Gasteiger partial charge in [0.15, 0.2) is 0 Å². The van der Waals surface area contributed by atoms with Gasteiger partial charge >= 0.3 is 0 Å². The lowest BCUT2D eigenvalue weighted by Crippen LogP contribution is -2.43. The SMILES string of the molecule is CCNC(=O)[C@@H]1C[C@H](NC(=O)c2ccc(SC)cc2)CN1CC=C(C)C. The van der Waals surface area contributed by atoms with E-state index in [4.69, 9.17) is 0 Å². The molecule has 2 N–H and O–H groups in total. The Balaban J connectivity index is 2.03. The smallest absolute Gasteiger partial charge is 0.251 e. The molecule has 1 saturated heterocycles. The molecule has 1 aromatic rings. The van der Waals surface area contributed by atoms with Crippen LogP contribution in [0.1, 0.15) is 37.6 Å². The molecule has 2 amide bonds. The molecule has 6 heteroatoms. The fraction of sp³-hybridized carbons (Fsp3) is 0.500. The number of thioether (sulfide) groups is 1. The lowest BCUT2D eigenvalue weighted by Gasteiger charge is -2.21. The molecule has 142 valence electrons. The normalized spacial score (nSPS) is 19.8. The molecule has 0 spiro atoms. The van der Waals surface area contributed by atoms with Crippen LogP contribution < -0.4 is 10.6 Å². The molecule has 5 nitrogen and oxygen atoms in total. The summed E-state index contributed by atoms with van der Waals surface area (Å²) < 4.78 is 0. The first kappa shape index (κ1) is 20.5. The van der Waals surface area contributed by atoms with Gasteiger partial charge in [-0.25, -0.2) is 0 Å². The van der Waals surface area contributed by atoms with E-state index in [1.165, 1.54) is 5.57 Å². The molecule has 1 heterocycles. The Morgan fingerprint density at radius 2 is 1.96 bits per heavy atom. The van der Waals surface area contributed by atoms with E-state index in [0.29, 0.717) is 25.1 Å². The first-order chi connectivity index (χ1) is 12.4. The molecule has 2 atom stereocenters. The fourth-order valence-corrected chi connectivity index (χ4v) is 3.49. The number of allylic oxidation sites excluding steroid dienone is 1. The van der Waals surface area contributed by atoms with Crippen molar-refractivity contribution in [3.8, 4) is 0 Å². The van der Waals surface area contributed by atoms with E-state index in [9.17, 15) is 9.59 Å². The van der Waals surface area contributed by atoms with E-state index in [1.807, 2.05) is 37.4 Å². The van der Waals surface area contributed by atoms with Crippen LogP contribution in [0.25, 0.3) is 0 Å². The molecule has 1 aliphatic heterocycles. The molecule has 1 aliphatic rings. The highest BCUT2D eigenvalue weighted by molar-refractivity contribution is 7.98. The van der Waals surface area contributed by atoms with Crippen LogP contribution in [0.4, 0.5) is 0 Å². The minimum absolute atomic E-state index is 0.0269. The van der Waals surface area contributed by atoms with Crippen LogP contribution in [0.3, 0.4) is 0 Å². The standard InChI is InChI=1S/C20H29N3O2S/c1-5-21-20(25)18-12-16(13-23(18)11-10-14(2)3)22-19(24)15-6-8-17(26-4)9-7-15/h6-10,16,18H,5,11-13H2,1-4H3,(H,21,25)(H,22,24)/t16-,18-/m0/s1. The molecular formula is C20H29N3O2S. The molecule has 0 aliphatic carbocycles. The number of benzene rings is 1. The van der Waals surface area contributed by atoms with Crippen LogP contribution in [0, 0.1) is 0 Å². The van der Waals surface area contributed by atoms with Gasteiger partial charge in [-0.3, -0.25) is 14.5 Å². The van der Waals surface area contributed by atoms with Crippen molar-refractivity contribution in [2.75, 3.05) is 25.9 Å². The molecule has 0 bridgehead atoms. The largest absolute Gasteiger partial charge is 0.355 e. The van der Waals surface area contributed by atoms with Crippen molar-refractivity contribution < 1.29 is 9.59 Å². The molecular weight excluding hydrogens is 346 g/mol. The fourth-order valence-electron chi connectivity index (χ4n) is 3.09. The zero-order valence-electron chi connectivity index (χ0n) is 16.0. The summed E-state index contributed by atoms with van der Waals surface area (Å²) in [5, 5.41) is 6.00. The molecule has 26 heavy (non-hydrogen) atoms. The highest BCUT2D eigenvalue weighted by Gasteiger charge is 2.36. The van der Waals surface area contributed by atoms with Crippen molar-refractivity contribution in [3.05, 3.63) is 41.5 Å². The predicted octanol–water partition coefficient (Wildman–Crippen LogP) is 2.68. The van der Waals surface area contributed by atoms with Crippen LogP contribution in [0.2, 0.25) is 0 Å². The second-order valence-corrected chi connectivity index (χ2v) is 7.66. The minimum atomic E-state index is -0.199. The summed E-state index contributed by atoms with van der Waals surface area (Å²) in [5.41, 5.74) is 1.88. The van der Waals surface area contributed by atoms with Gasteiger partial charge < -0.3 is 10.6 Å². The number of carbonyl (C=O) groups excluding carboxylic acids is 2. The number of likely N-dealkylation sites (tertiary alicyclic amines) is 1. The Morgan fingerprint density at radius 1 is 1.27 bits per heavy atom. The van der Waals surface area contributed by atoms with Crippen molar-refractivity contribution in [2.45, 2.75) is 44.2 Å². The molecule has 0 aromatic heterocycles. The first-order valence-electron chi connectivity index (χ1n) is 9.04. The number of carbonyl (C=O) groups is 2. The first-order valence-corrected chi connectivity index (χ1v) is 10.3. The number of likely N-dealkylation sites (N-methyl/N-ethyl adjacent to an activating group) is 1. The van der Waals surface area contributed by atoms with E-state index < -0.39 is 0 Å². The topological polar surface area (TPSA) is 61.4 Å². The Hall–Kier alpha value is -1.79. The van der Waals surface area contributed by atoms with E-state index in [1.54, 1.807) is 11.8 Å². The summed E-state index contributed by atoms with van der Waals surface area (Å²) in [6.07, 6.45) is 4.77. The Kier molecular flexibility index (Phi) is 7.72. The van der Waals surface area contributed by atoms with Crippen LogP contribution in [0.15, 0.2) is 40.8 Å². The number of nitrogens with zero attached hydrogens (tertiary/aromatic N) is 1. The quantitative estimate of drug-likeness (QED) is 0.568. The third-order valence-electron chi connectivity index (χ3n) is 4.48. The van der Waals surface area contributed by atoms with E-state index in [0.717, 1.165) is 11.4 Å². The van der Waals surface area contributed by atoms with Gasteiger partial charge in [0.05, 0.1) is 6.04 Å². The highest BCUT2D eigenvalue weighted by atomic mass is 32.2. The van der Waals surface area contributed by atoms with Crippen LogP contribution >= 0.6 is 11.8 Å². The maximum absolute atomic E-state index is 12.5. The summed E-state index contributed by atoms with van der Waals surface area (Å²) in [4.78, 5) is 28.2. The van der Waals surface area contributed by atoms with Gasteiger partial charge in [0.2, 0.25) is 5.91 Å². The average molecular weight is 376 g/mol. The zero-order valence-corrected chi connectivity index (χ0v) is 16.9. The summed E-state index contributed by atoms with van der Waals surface area (Å²) in [6.45, 7) is 8.04. The maximum atomic E-state index is 12.5. The van der Waals surface area contributed by atoms with Crippen molar-refractivity contribution in [1.29, 1.82) is 0 Å². The van der Waals surface area contributed by atoms with E-state index in [2.05, 4.69) is 35.5 Å². The van der Waals surface area contributed by atoms with Crippen LogP contribution in [-0.2, 0) is 4.79 Å². The van der Waals surface area contributed by atoms with Crippen molar-refractivity contribution in [2.24, 2.45) is 0 Å². The van der Waals surface area contributed by atoms with Crippen molar-refractivity contribution in [1.82, 2.24) is 15.5 Å². The molecule has 1 fully saturated rings. The van der Waals surface area contributed by atoms with Gasteiger partial charge in [-0.1, -0.05) is 11.6 Å². The minimum Gasteiger partial charge on any atom is -0.355 e. The Labute approximate surface area is 160 Å². The predicted molar refractivity (Wildman–Crippen MR) is 108 cm³/mol. The maximum Gasteiger partial charge on any atom is 0.251 e. The monoisotopic (exact) mass is 375 g/mol. The van der Waals surface area contributed by atoms with Gasteiger partial charge in [-0.2, -0.15) is 0 Å². The third kappa shape index (κ3) is 5.61. The van der Waals surface area contributed by atoms with Gasteiger partial charge in [0.25, 0.3) is 5.91 Å². The molecule has 0 unspecified atom stereocenters.